The van der Waals surface area contributed by atoms with Gasteiger partial charge in [0.2, 0.25) is 16.0 Å². The summed E-state index contributed by atoms with van der Waals surface area (Å²) in [6, 6.07) is 5.78. The topological polar surface area (TPSA) is 87.5 Å². The predicted molar refractivity (Wildman–Crippen MR) is 85.9 cm³/mol. The molecule has 2 heterocycles. The van der Waals surface area contributed by atoms with Gasteiger partial charge in [-0.2, -0.15) is 0 Å². The molecule has 0 saturated heterocycles. The average molecular weight is 335 g/mol. The third-order valence-corrected chi connectivity index (χ3v) is 5.46. The van der Waals surface area contributed by atoms with Gasteiger partial charge < -0.3 is 9.88 Å². The first-order valence-electron chi connectivity index (χ1n) is 7.02. The number of rotatable bonds is 3. The first-order chi connectivity index (χ1) is 10.9. The standard InChI is InChI=1S/C14H17N5O3S/c1-17(2)23(21,22)12-5-3-11(4-6-12)16-14(20)19-10-9-18-8-7-15-13(18)19/h3-8H,9-10H2,1-2H3,(H,16,20). The van der Waals surface area contributed by atoms with Gasteiger partial charge in [-0.05, 0) is 24.3 Å². The number of amides is 2. The van der Waals surface area contributed by atoms with Crippen molar-refractivity contribution in [2.75, 3.05) is 30.9 Å². The van der Waals surface area contributed by atoms with Gasteiger partial charge in [0.25, 0.3) is 0 Å². The number of hydrogen-bond donors (Lipinski definition) is 1. The Kier molecular flexibility index (Phi) is 3.82. The van der Waals surface area contributed by atoms with Crippen LogP contribution in [0.15, 0.2) is 41.6 Å². The maximum atomic E-state index is 12.3. The number of aromatic nitrogens is 2. The van der Waals surface area contributed by atoms with Gasteiger partial charge in [-0.3, -0.25) is 4.90 Å². The molecule has 0 fully saturated rings. The molecule has 2 amide bonds. The summed E-state index contributed by atoms with van der Waals surface area (Å²) in [5, 5.41) is 2.75. The Morgan fingerprint density at radius 3 is 2.57 bits per heavy atom. The molecule has 9 heteroatoms. The molecule has 2 aromatic rings. The third-order valence-electron chi connectivity index (χ3n) is 3.63. The number of sulfonamides is 1. The summed E-state index contributed by atoms with van der Waals surface area (Å²) < 4.78 is 27.0. The first kappa shape index (κ1) is 15.5. The van der Waals surface area contributed by atoms with Gasteiger partial charge >= 0.3 is 6.03 Å². The van der Waals surface area contributed by atoms with Gasteiger partial charge in [-0.25, -0.2) is 22.5 Å². The van der Waals surface area contributed by atoms with Crippen LogP contribution in [0.25, 0.3) is 0 Å². The van der Waals surface area contributed by atoms with Crippen LogP contribution in [0.4, 0.5) is 16.4 Å². The van der Waals surface area contributed by atoms with E-state index in [4.69, 9.17) is 0 Å². The van der Waals surface area contributed by atoms with E-state index in [1.165, 1.54) is 26.2 Å². The summed E-state index contributed by atoms with van der Waals surface area (Å²) in [6.45, 7) is 1.27. The van der Waals surface area contributed by atoms with Crippen LogP contribution >= 0.6 is 0 Å². The largest absolute Gasteiger partial charge is 0.328 e. The number of nitrogens with one attached hydrogen (secondary N) is 1. The molecule has 0 unspecified atom stereocenters. The molecule has 0 aliphatic carbocycles. The average Bonchev–Trinajstić information content (AvgIpc) is 3.10. The number of carbonyl (C=O) groups excluding carboxylic acids is 1. The monoisotopic (exact) mass is 335 g/mol. The first-order valence-corrected chi connectivity index (χ1v) is 8.46. The van der Waals surface area contributed by atoms with E-state index < -0.39 is 10.0 Å². The van der Waals surface area contributed by atoms with Crippen molar-refractivity contribution < 1.29 is 13.2 Å². The SMILES string of the molecule is CN(C)S(=O)(=O)c1ccc(NC(=O)N2CCn3ccnc32)cc1. The van der Waals surface area contributed by atoms with Gasteiger partial charge in [-0.1, -0.05) is 0 Å². The van der Waals surface area contributed by atoms with Crippen LogP contribution < -0.4 is 10.2 Å². The van der Waals surface area contributed by atoms with Crippen molar-refractivity contribution in [3.05, 3.63) is 36.7 Å². The normalized spacial score (nSPS) is 14.1. The number of benzene rings is 1. The van der Waals surface area contributed by atoms with E-state index in [-0.39, 0.29) is 10.9 Å². The second-order valence-electron chi connectivity index (χ2n) is 5.31. The quantitative estimate of drug-likeness (QED) is 0.912. The lowest BCUT2D eigenvalue weighted by Gasteiger charge is -2.16. The highest BCUT2D eigenvalue weighted by Crippen LogP contribution is 2.21. The van der Waals surface area contributed by atoms with Crippen molar-refractivity contribution in [2.45, 2.75) is 11.4 Å². The lowest BCUT2D eigenvalue weighted by atomic mass is 10.3. The van der Waals surface area contributed by atoms with Gasteiger partial charge in [0.05, 0.1) is 4.90 Å². The maximum absolute atomic E-state index is 12.3. The molecule has 0 saturated carbocycles. The highest BCUT2D eigenvalue weighted by atomic mass is 32.2. The van der Waals surface area contributed by atoms with Crippen LogP contribution in [-0.4, -0.2) is 48.9 Å². The van der Waals surface area contributed by atoms with Crippen molar-refractivity contribution >= 4 is 27.7 Å². The number of imidazole rings is 1. The third kappa shape index (κ3) is 2.80. The summed E-state index contributed by atoms with van der Waals surface area (Å²) in [6.07, 6.45) is 3.47. The van der Waals surface area contributed by atoms with Crippen LogP contribution in [0, 0.1) is 0 Å². The number of hydrogen-bond acceptors (Lipinski definition) is 4. The summed E-state index contributed by atoms with van der Waals surface area (Å²) in [5.41, 5.74) is 0.526. The van der Waals surface area contributed by atoms with E-state index in [2.05, 4.69) is 10.3 Å². The molecule has 1 aromatic heterocycles. The highest BCUT2D eigenvalue weighted by molar-refractivity contribution is 7.89. The zero-order valence-electron chi connectivity index (χ0n) is 12.8. The Hall–Kier alpha value is -2.39. The molecule has 0 bridgehead atoms. The molecule has 0 atom stereocenters. The lowest BCUT2D eigenvalue weighted by Crippen LogP contribution is -2.33. The number of fused-ring (bicyclic) bond motifs is 1. The van der Waals surface area contributed by atoms with Crippen molar-refractivity contribution in [3.63, 3.8) is 0 Å². The van der Waals surface area contributed by atoms with Crippen LogP contribution in [0.1, 0.15) is 0 Å². The molecule has 3 rings (SSSR count). The zero-order chi connectivity index (χ0) is 16.6. The van der Waals surface area contributed by atoms with Crippen molar-refractivity contribution in [2.24, 2.45) is 0 Å². The molecule has 1 aliphatic heterocycles. The van der Waals surface area contributed by atoms with Crippen LogP contribution in [0.2, 0.25) is 0 Å². The Labute approximate surface area is 134 Å². The number of nitrogens with zero attached hydrogens (tertiary/aromatic N) is 4. The van der Waals surface area contributed by atoms with Crippen LogP contribution in [-0.2, 0) is 16.6 Å². The van der Waals surface area contributed by atoms with Gasteiger partial charge in [0, 0.05) is 45.3 Å². The summed E-state index contributed by atoms with van der Waals surface area (Å²) in [4.78, 5) is 18.2. The van der Waals surface area contributed by atoms with E-state index >= 15 is 0 Å². The Bertz CT molecular complexity index is 826. The van der Waals surface area contributed by atoms with Crippen LogP contribution in [0.5, 0.6) is 0 Å². The fraction of sp³-hybridized carbons (Fsp3) is 0.286. The highest BCUT2D eigenvalue weighted by Gasteiger charge is 2.25. The fourth-order valence-corrected chi connectivity index (χ4v) is 3.23. The molecule has 1 aliphatic rings. The smallest absolute Gasteiger partial charge is 0.315 e. The minimum absolute atomic E-state index is 0.178. The van der Waals surface area contributed by atoms with E-state index in [1.807, 2.05) is 10.8 Å². The van der Waals surface area contributed by atoms with Gasteiger partial charge in [0.1, 0.15) is 0 Å². The van der Waals surface area contributed by atoms with Crippen molar-refractivity contribution in [1.29, 1.82) is 0 Å². The van der Waals surface area contributed by atoms with E-state index in [9.17, 15) is 13.2 Å². The summed E-state index contributed by atoms with van der Waals surface area (Å²) in [7, 11) is -0.528. The molecule has 1 N–H and O–H groups in total. The van der Waals surface area contributed by atoms with Gasteiger partial charge in [-0.15, -0.1) is 0 Å². The Morgan fingerprint density at radius 1 is 1.22 bits per heavy atom. The molecule has 0 spiro atoms. The molecular weight excluding hydrogens is 318 g/mol. The minimum Gasteiger partial charge on any atom is -0.315 e. The lowest BCUT2D eigenvalue weighted by molar-refractivity contribution is 0.257. The molecular formula is C14H17N5O3S. The second-order valence-corrected chi connectivity index (χ2v) is 7.47. The Balaban J connectivity index is 1.73. The van der Waals surface area contributed by atoms with Gasteiger partial charge in [0.15, 0.2) is 0 Å². The van der Waals surface area contributed by atoms with E-state index in [0.29, 0.717) is 24.7 Å². The zero-order valence-corrected chi connectivity index (χ0v) is 13.6. The molecule has 1 aromatic carbocycles. The maximum Gasteiger partial charge on any atom is 0.328 e. The Morgan fingerprint density at radius 2 is 1.91 bits per heavy atom. The van der Waals surface area contributed by atoms with Crippen LogP contribution in [0.3, 0.4) is 0 Å². The molecule has 122 valence electrons. The molecule has 23 heavy (non-hydrogen) atoms. The second kappa shape index (κ2) is 5.67. The summed E-state index contributed by atoms with van der Waals surface area (Å²) in [5.74, 6) is 0.606. The van der Waals surface area contributed by atoms with E-state index in [1.54, 1.807) is 23.2 Å². The molecule has 8 nitrogen and oxygen atoms in total. The minimum atomic E-state index is -3.47. The number of carbonyl (C=O) groups is 1. The molecule has 0 radical (unpaired) electrons. The predicted octanol–water partition coefficient (Wildman–Crippen LogP) is 1.19. The van der Waals surface area contributed by atoms with E-state index in [0.717, 1.165) is 4.31 Å². The summed E-state index contributed by atoms with van der Waals surface area (Å²) >= 11 is 0. The fourth-order valence-electron chi connectivity index (χ4n) is 2.33. The van der Waals surface area contributed by atoms with Crippen molar-refractivity contribution in [3.8, 4) is 0 Å². The number of anilines is 2. The van der Waals surface area contributed by atoms with Crippen molar-refractivity contribution in [1.82, 2.24) is 13.9 Å². The number of urea groups is 1.